The van der Waals surface area contributed by atoms with Crippen LogP contribution in [0.1, 0.15) is 40.5 Å². The van der Waals surface area contributed by atoms with Crippen molar-refractivity contribution < 1.29 is 9.84 Å². The van der Waals surface area contributed by atoms with E-state index >= 15 is 0 Å². The van der Waals surface area contributed by atoms with Crippen LogP contribution in [0.15, 0.2) is 0 Å². The first-order valence-electron chi connectivity index (χ1n) is 7.15. The third kappa shape index (κ3) is 4.80. The number of nitrogens with one attached hydrogen (secondary N) is 2. The van der Waals surface area contributed by atoms with E-state index in [1.807, 2.05) is 27.7 Å². The molecule has 0 aromatic carbocycles. The first-order valence-corrected chi connectivity index (χ1v) is 7.15. The topological polar surface area (TPSA) is 92.2 Å². The highest BCUT2D eigenvalue weighted by Gasteiger charge is 2.22. The van der Waals surface area contributed by atoms with Crippen LogP contribution in [0.5, 0.6) is 6.01 Å². The summed E-state index contributed by atoms with van der Waals surface area (Å²) in [5.41, 5.74) is -0.753. The molecule has 0 atom stereocenters. The Labute approximate surface area is 120 Å². The number of aliphatic hydroxyl groups is 1. The zero-order chi connectivity index (χ0) is 15.0. The Balaban J connectivity index is 2.82. The van der Waals surface area contributed by atoms with E-state index in [9.17, 15) is 5.11 Å². The molecule has 0 radical (unpaired) electrons. The van der Waals surface area contributed by atoms with Crippen molar-refractivity contribution in [1.82, 2.24) is 15.0 Å². The number of nitrogens with zero attached hydrogens (tertiary/aromatic N) is 3. The summed E-state index contributed by atoms with van der Waals surface area (Å²) in [5.74, 6) is 0.865. The fourth-order valence-corrected chi connectivity index (χ4v) is 1.61. The van der Waals surface area contributed by atoms with Gasteiger partial charge in [-0.1, -0.05) is 13.8 Å². The van der Waals surface area contributed by atoms with Crippen LogP contribution in [0.2, 0.25) is 0 Å². The molecule has 1 aromatic rings. The van der Waals surface area contributed by atoms with E-state index in [4.69, 9.17) is 4.74 Å². The van der Waals surface area contributed by atoms with Gasteiger partial charge in [-0.15, -0.1) is 0 Å². The molecule has 0 saturated heterocycles. The normalized spacial score (nSPS) is 11.2. The molecule has 7 nitrogen and oxygen atoms in total. The van der Waals surface area contributed by atoms with Gasteiger partial charge in [0.15, 0.2) is 0 Å². The van der Waals surface area contributed by atoms with Crippen molar-refractivity contribution in [2.45, 2.75) is 46.1 Å². The summed E-state index contributed by atoms with van der Waals surface area (Å²) in [5, 5.41) is 16.3. The summed E-state index contributed by atoms with van der Waals surface area (Å²) >= 11 is 0. The van der Waals surface area contributed by atoms with Crippen molar-refractivity contribution in [1.29, 1.82) is 0 Å². The molecule has 0 bridgehead atoms. The Hall–Kier alpha value is -1.63. The van der Waals surface area contributed by atoms with E-state index in [0.29, 0.717) is 44.4 Å². The molecule has 0 spiro atoms. The average molecular weight is 283 g/mol. The predicted molar refractivity (Wildman–Crippen MR) is 79.2 cm³/mol. The lowest BCUT2D eigenvalue weighted by atomic mass is 9.98. The smallest absolute Gasteiger partial charge is 0.323 e. The lowest BCUT2D eigenvalue weighted by molar-refractivity contribution is 0.0455. The molecule has 114 valence electrons. The Morgan fingerprint density at radius 3 is 2.10 bits per heavy atom. The van der Waals surface area contributed by atoms with E-state index < -0.39 is 5.60 Å². The van der Waals surface area contributed by atoms with Gasteiger partial charge < -0.3 is 20.5 Å². The summed E-state index contributed by atoms with van der Waals surface area (Å²) in [6, 6.07) is 0.275. The molecule has 3 N–H and O–H groups in total. The monoisotopic (exact) mass is 283 g/mol. The maximum Gasteiger partial charge on any atom is 0.323 e. The molecule has 0 aliphatic heterocycles. The number of rotatable bonds is 9. The van der Waals surface area contributed by atoms with Crippen LogP contribution in [0.4, 0.5) is 11.9 Å². The second-order valence-corrected chi connectivity index (χ2v) is 4.51. The van der Waals surface area contributed by atoms with Crippen LogP contribution in [0, 0.1) is 0 Å². The second kappa shape index (κ2) is 7.84. The third-order valence-corrected chi connectivity index (χ3v) is 3.12. The molecule has 7 heteroatoms. The molecule has 20 heavy (non-hydrogen) atoms. The highest BCUT2D eigenvalue weighted by molar-refractivity contribution is 5.36. The maximum atomic E-state index is 10.3. The minimum atomic E-state index is -0.753. The number of ether oxygens (including phenoxy) is 1. The minimum Gasteiger partial charge on any atom is -0.464 e. The SMILES string of the molecule is CCNc1nc(NCC(O)(CC)CC)nc(OCC)n1. The van der Waals surface area contributed by atoms with Gasteiger partial charge in [-0.3, -0.25) is 0 Å². The number of aromatic nitrogens is 3. The summed E-state index contributed by atoms with van der Waals surface area (Å²) in [6.07, 6.45) is 1.33. The maximum absolute atomic E-state index is 10.3. The van der Waals surface area contributed by atoms with Gasteiger partial charge in [0.05, 0.1) is 12.2 Å². The fourth-order valence-electron chi connectivity index (χ4n) is 1.61. The van der Waals surface area contributed by atoms with E-state index in [-0.39, 0.29) is 6.01 Å². The fraction of sp³-hybridized carbons (Fsp3) is 0.769. The van der Waals surface area contributed by atoms with Crippen molar-refractivity contribution in [2.75, 3.05) is 30.3 Å². The Kier molecular flexibility index (Phi) is 6.44. The zero-order valence-electron chi connectivity index (χ0n) is 12.7. The Bertz CT molecular complexity index is 385. The molecule has 0 amide bonds. The third-order valence-electron chi connectivity index (χ3n) is 3.12. The average Bonchev–Trinajstić information content (AvgIpc) is 2.45. The highest BCUT2D eigenvalue weighted by Crippen LogP contribution is 2.16. The number of hydrogen-bond acceptors (Lipinski definition) is 7. The molecule has 1 rings (SSSR count). The molecule has 0 fully saturated rings. The molecular formula is C13H25N5O2. The Morgan fingerprint density at radius 1 is 1.00 bits per heavy atom. The van der Waals surface area contributed by atoms with Crippen LogP contribution >= 0.6 is 0 Å². The van der Waals surface area contributed by atoms with Crippen LogP contribution in [0.3, 0.4) is 0 Å². The van der Waals surface area contributed by atoms with Gasteiger partial charge in [-0.2, -0.15) is 15.0 Å². The van der Waals surface area contributed by atoms with Crippen molar-refractivity contribution in [3.8, 4) is 6.01 Å². The van der Waals surface area contributed by atoms with E-state index in [1.54, 1.807) is 0 Å². The predicted octanol–water partition coefficient (Wildman–Crippen LogP) is 1.67. The van der Waals surface area contributed by atoms with E-state index in [0.717, 1.165) is 0 Å². The van der Waals surface area contributed by atoms with Gasteiger partial charge >= 0.3 is 6.01 Å². The van der Waals surface area contributed by atoms with Gasteiger partial charge in [-0.25, -0.2) is 0 Å². The van der Waals surface area contributed by atoms with Gasteiger partial charge in [0.25, 0.3) is 0 Å². The quantitative estimate of drug-likeness (QED) is 0.634. The van der Waals surface area contributed by atoms with E-state index in [2.05, 4.69) is 25.6 Å². The molecule has 1 aromatic heterocycles. The summed E-state index contributed by atoms with van der Waals surface area (Å²) in [4.78, 5) is 12.6. The number of hydrogen-bond donors (Lipinski definition) is 3. The molecule has 1 heterocycles. The molecule has 0 unspecified atom stereocenters. The van der Waals surface area contributed by atoms with Gasteiger partial charge in [-0.05, 0) is 26.7 Å². The van der Waals surface area contributed by atoms with Crippen LogP contribution in [-0.2, 0) is 0 Å². The summed E-state index contributed by atoms with van der Waals surface area (Å²) in [6.45, 7) is 9.33. The largest absolute Gasteiger partial charge is 0.464 e. The van der Waals surface area contributed by atoms with Crippen molar-refractivity contribution in [3.05, 3.63) is 0 Å². The van der Waals surface area contributed by atoms with Crippen molar-refractivity contribution in [2.24, 2.45) is 0 Å². The van der Waals surface area contributed by atoms with Crippen LogP contribution in [-0.4, -0.2) is 45.4 Å². The van der Waals surface area contributed by atoms with Crippen molar-refractivity contribution >= 4 is 11.9 Å². The molecule has 0 aliphatic carbocycles. The lowest BCUT2D eigenvalue weighted by Crippen LogP contribution is -2.35. The number of anilines is 2. The van der Waals surface area contributed by atoms with Crippen LogP contribution < -0.4 is 15.4 Å². The summed E-state index contributed by atoms with van der Waals surface area (Å²) in [7, 11) is 0. The van der Waals surface area contributed by atoms with Crippen LogP contribution in [0.25, 0.3) is 0 Å². The highest BCUT2D eigenvalue weighted by atomic mass is 16.5. The molecule has 0 saturated carbocycles. The van der Waals surface area contributed by atoms with E-state index in [1.165, 1.54) is 0 Å². The Morgan fingerprint density at radius 2 is 1.60 bits per heavy atom. The standard InChI is InChI=1S/C13H25N5O2/c1-5-13(19,6-2)9-15-11-16-10(14-7-3)17-12(18-11)20-8-4/h19H,5-9H2,1-4H3,(H2,14,15,16,17,18). The lowest BCUT2D eigenvalue weighted by Gasteiger charge is -2.25. The zero-order valence-corrected chi connectivity index (χ0v) is 12.7. The summed E-state index contributed by atoms with van der Waals surface area (Å²) < 4.78 is 5.31. The second-order valence-electron chi connectivity index (χ2n) is 4.51. The van der Waals surface area contributed by atoms with Gasteiger partial charge in [0.2, 0.25) is 11.9 Å². The first kappa shape index (κ1) is 16.4. The van der Waals surface area contributed by atoms with Crippen molar-refractivity contribution in [3.63, 3.8) is 0 Å². The van der Waals surface area contributed by atoms with Gasteiger partial charge in [0, 0.05) is 13.1 Å². The minimum absolute atomic E-state index is 0.275. The molecule has 0 aliphatic rings. The van der Waals surface area contributed by atoms with Gasteiger partial charge in [0.1, 0.15) is 0 Å². The molecular weight excluding hydrogens is 258 g/mol. The first-order chi connectivity index (χ1) is 9.56.